The number of rotatable bonds is 1. The summed E-state index contributed by atoms with van der Waals surface area (Å²) in [4.78, 5) is 4.16. The van der Waals surface area contributed by atoms with Crippen LogP contribution in [0.25, 0.3) is 22.2 Å². The van der Waals surface area contributed by atoms with Gasteiger partial charge in [0.15, 0.2) is 5.58 Å². The van der Waals surface area contributed by atoms with Crippen molar-refractivity contribution < 1.29 is 8.81 Å². The molecule has 0 aliphatic carbocycles. The number of aromatic nitrogens is 1. The van der Waals surface area contributed by atoms with Crippen molar-refractivity contribution in [1.82, 2.24) is 4.98 Å². The SMILES string of the molecule is Fc1ccccc1-c1cccc2oc(S)nc12. The Labute approximate surface area is 103 Å². The third-order valence-electron chi connectivity index (χ3n) is 2.57. The van der Waals surface area contributed by atoms with Gasteiger partial charge in [0, 0.05) is 11.1 Å². The molecule has 3 rings (SSSR count). The first-order valence-electron chi connectivity index (χ1n) is 5.09. The lowest BCUT2D eigenvalue weighted by Crippen LogP contribution is -1.84. The molecule has 0 atom stereocenters. The molecule has 0 aliphatic rings. The highest BCUT2D eigenvalue weighted by Crippen LogP contribution is 2.30. The topological polar surface area (TPSA) is 26.0 Å². The van der Waals surface area contributed by atoms with Gasteiger partial charge in [-0.15, -0.1) is 0 Å². The molecule has 0 radical (unpaired) electrons. The summed E-state index contributed by atoms with van der Waals surface area (Å²) in [7, 11) is 0. The van der Waals surface area contributed by atoms with Crippen LogP contribution < -0.4 is 0 Å². The number of thiol groups is 1. The molecule has 1 heterocycles. The van der Waals surface area contributed by atoms with Gasteiger partial charge >= 0.3 is 0 Å². The van der Waals surface area contributed by atoms with Crippen molar-refractivity contribution in [3.8, 4) is 11.1 Å². The normalized spacial score (nSPS) is 10.9. The van der Waals surface area contributed by atoms with E-state index in [4.69, 9.17) is 4.42 Å². The molecule has 0 unspecified atom stereocenters. The fourth-order valence-corrected chi connectivity index (χ4v) is 2.03. The maximum atomic E-state index is 13.7. The third kappa shape index (κ3) is 1.70. The number of oxazole rings is 1. The molecule has 0 aliphatic heterocycles. The number of para-hydroxylation sites is 1. The Kier molecular flexibility index (Phi) is 2.37. The summed E-state index contributed by atoms with van der Waals surface area (Å²) < 4.78 is 19.0. The quantitative estimate of drug-likeness (QED) is 0.657. The number of hydrogen-bond acceptors (Lipinski definition) is 3. The van der Waals surface area contributed by atoms with Crippen molar-refractivity contribution in [3.63, 3.8) is 0 Å². The van der Waals surface area contributed by atoms with Gasteiger partial charge in [0.1, 0.15) is 11.3 Å². The van der Waals surface area contributed by atoms with E-state index in [1.54, 1.807) is 24.3 Å². The van der Waals surface area contributed by atoms with Crippen molar-refractivity contribution in [2.75, 3.05) is 0 Å². The second kappa shape index (κ2) is 3.89. The largest absolute Gasteiger partial charge is 0.432 e. The zero-order valence-electron chi connectivity index (χ0n) is 8.72. The molecule has 1 aromatic heterocycles. The van der Waals surface area contributed by atoms with Crippen LogP contribution in [0, 0.1) is 5.82 Å². The summed E-state index contributed by atoms with van der Waals surface area (Å²) in [6.45, 7) is 0. The van der Waals surface area contributed by atoms with E-state index < -0.39 is 0 Å². The zero-order chi connectivity index (χ0) is 11.8. The van der Waals surface area contributed by atoms with Crippen molar-refractivity contribution in [1.29, 1.82) is 0 Å². The van der Waals surface area contributed by atoms with Crippen LogP contribution in [-0.4, -0.2) is 4.98 Å². The predicted octanol–water partition coefficient (Wildman–Crippen LogP) is 3.92. The van der Waals surface area contributed by atoms with Gasteiger partial charge in [0.05, 0.1) is 0 Å². The average molecular weight is 245 g/mol. The van der Waals surface area contributed by atoms with E-state index in [1.807, 2.05) is 12.1 Å². The van der Waals surface area contributed by atoms with Gasteiger partial charge in [-0.3, -0.25) is 0 Å². The summed E-state index contributed by atoms with van der Waals surface area (Å²) in [5, 5.41) is 0.281. The minimum absolute atomic E-state index is 0.274. The molecule has 2 aromatic carbocycles. The molecule has 0 amide bonds. The Hall–Kier alpha value is -1.81. The second-order valence-corrected chi connectivity index (χ2v) is 4.01. The van der Waals surface area contributed by atoms with E-state index in [1.165, 1.54) is 6.07 Å². The Balaban J connectivity index is 2.34. The number of hydrogen-bond donors (Lipinski definition) is 1. The molecule has 4 heteroatoms. The van der Waals surface area contributed by atoms with Crippen molar-refractivity contribution in [3.05, 3.63) is 48.3 Å². The average Bonchev–Trinajstić information content (AvgIpc) is 2.70. The van der Waals surface area contributed by atoms with E-state index in [0.29, 0.717) is 22.2 Å². The van der Waals surface area contributed by atoms with Gasteiger partial charge in [-0.2, -0.15) is 0 Å². The lowest BCUT2D eigenvalue weighted by molar-refractivity contribution is 0.492. The monoisotopic (exact) mass is 245 g/mol. The summed E-state index contributed by atoms with van der Waals surface area (Å²) >= 11 is 4.06. The summed E-state index contributed by atoms with van der Waals surface area (Å²) in [5.74, 6) is -0.274. The minimum atomic E-state index is -0.274. The molecular weight excluding hydrogens is 237 g/mol. The van der Waals surface area contributed by atoms with Gasteiger partial charge in [0.2, 0.25) is 0 Å². The Morgan fingerprint density at radius 1 is 1.00 bits per heavy atom. The highest BCUT2D eigenvalue weighted by molar-refractivity contribution is 7.80. The number of halogens is 1. The van der Waals surface area contributed by atoms with E-state index in [2.05, 4.69) is 17.6 Å². The van der Waals surface area contributed by atoms with E-state index in [-0.39, 0.29) is 11.0 Å². The smallest absolute Gasteiger partial charge is 0.253 e. The molecule has 0 spiro atoms. The van der Waals surface area contributed by atoms with Gasteiger partial charge in [-0.25, -0.2) is 9.37 Å². The van der Waals surface area contributed by atoms with Crippen LogP contribution in [0.15, 0.2) is 52.1 Å². The van der Waals surface area contributed by atoms with Gasteiger partial charge < -0.3 is 4.42 Å². The first-order valence-corrected chi connectivity index (χ1v) is 5.54. The van der Waals surface area contributed by atoms with Crippen molar-refractivity contribution in [2.24, 2.45) is 0 Å². The number of fused-ring (bicyclic) bond motifs is 1. The summed E-state index contributed by atoms with van der Waals surface area (Å²) in [5.41, 5.74) is 2.46. The van der Waals surface area contributed by atoms with E-state index in [0.717, 1.165) is 0 Å². The molecule has 2 nitrogen and oxygen atoms in total. The van der Waals surface area contributed by atoms with Crippen LogP contribution in [-0.2, 0) is 0 Å². The number of benzene rings is 2. The van der Waals surface area contributed by atoms with Crippen LogP contribution in [0.1, 0.15) is 0 Å². The molecule has 0 saturated carbocycles. The first-order chi connectivity index (χ1) is 8.25. The fraction of sp³-hybridized carbons (Fsp3) is 0. The lowest BCUT2D eigenvalue weighted by atomic mass is 10.0. The summed E-state index contributed by atoms with van der Waals surface area (Å²) in [6, 6.07) is 12.0. The summed E-state index contributed by atoms with van der Waals surface area (Å²) in [6.07, 6.45) is 0. The first kappa shape index (κ1) is 10.4. The third-order valence-corrected chi connectivity index (χ3v) is 2.76. The maximum absolute atomic E-state index is 13.7. The van der Waals surface area contributed by atoms with Crippen LogP contribution in [0.2, 0.25) is 0 Å². The highest BCUT2D eigenvalue weighted by atomic mass is 32.1. The molecule has 0 fully saturated rings. The van der Waals surface area contributed by atoms with Crippen LogP contribution in [0.4, 0.5) is 4.39 Å². The van der Waals surface area contributed by atoms with E-state index >= 15 is 0 Å². The van der Waals surface area contributed by atoms with Crippen molar-refractivity contribution >= 4 is 23.7 Å². The van der Waals surface area contributed by atoms with Gasteiger partial charge in [-0.05, 0) is 12.1 Å². The molecule has 0 saturated heterocycles. The molecular formula is C13H8FNOS. The standard InChI is InChI=1S/C13H8FNOS/c14-10-6-2-1-4-8(10)9-5-3-7-11-12(9)15-13(17)16-11/h1-7H,(H,15,17). The fourth-order valence-electron chi connectivity index (χ4n) is 1.83. The minimum Gasteiger partial charge on any atom is -0.432 e. The second-order valence-electron chi connectivity index (χ2n) is 3.63. The zero-order valence-corrected chi connectivity index (χ0v) is 9.62. The molecule has 17 heavy (non-hydrogen) atoms. The maximum Gasteiger partial charge on any atom is 0.253 e. The van der Waals surface area contributed by atoms with Crippen LogP contribution in [0.5, 0.6) is 0 Å². The Morgan fingerprint density at radius 3 is 2.59 bits per heavy atom. The molecule has 0 N–H and O–H groups in total. The molecule has 84 valence electrons. The van der Waals surface area contributed by atoms with Gasteiger partial charge in [0.25, 0.3) is 5.22 Å². The highest BCUT2D eigenvalue weighted by Gasteiger charge is 2.11. The van der Waals surface area contributed by atoms with E-state index in [9.17, 15) is 4.39 Å². The Bertz CT molecular complexity index is 693. The lowest BCUT2D eigenvalue weighted by Gasteiger charge is -2.02. The number of nitrogens with zero attached hydrogens (tertiary/aromatic N) is 1. The Morgan fingerprint density at radius 2 is 1.76 bits per heavy atom. The predicted molar refractivity (Wildman–Crippen MR) is 66.7 cm³/mol. The molecule has 0 bridgehead atoms. The van der Waals surface area contributed by atoms with Crippen LogP contribution in [0.3, 0.4) is 0 Å². The van der Waals surface area contributed by atoms with Crippen molar-refractivity contribution in [2.45, 2.75) is 5.22 Å². The van der Waals surface area contributed by atoms with Gasteiger partial charge in [-0.1, -0.05) is 43.0 Å². The van der Waals surface area contributed by atoms with Crippen LogP contribution >= 0.6 is 12.6 Å². The molecule has 3 aromatic rings.